The lowest BCUT2D eigenvalue weighted by Gasteiger charge is -2.05. The van der Waals surface area contributed by atoms with Gasteiger partial charge >= 0.3 is 0 Å². The van der Waals surface area contributed by atoms with E-state index in [1.54, 1.807) is 6.08 Å². The zero-order chi connectivity index (χ0) is 17.0. The molecule has 126 valence electrons. The third-order valence-corrected chi connectivity index (χ3v) is 4.36. The van der Waals surface area contributed by atoms with Gasteiger partial charge in [0.1, 0.15) is 0 Å². The van der Waals surface area contributed by atoms with Gasteiger partial charge in [-0.25, -0.2) is 4.79 Å². The van der Waals surface area contributed by atoms with Gasteiger partial charge in [0.25, 0.3) is 0 Å². The van der Waals surface area contributed by atoms with Crippen molar-refractivity contribution < 1.29 is 4.79 Å². The topological polar surface area (TPSA) is 29.4 Å². The Hall–Kier alpha value is -2.18. The highest BCUT2D eigenvalue weighted by molar-refractivity contribution is 5.49. The second-order valence-corrected chi connectivity index (χ2v) is 6.38. The Bertz CT molecular complexity index is 637. The maximum atomic E-state index is 10.2. The predicted molar refractivity (Wildman–Crippen MR) is 101 cm³/mol. The summed E-state index contributed by atoms with van der Waals surface area (Å²) in [4.78, 5) is 13.8. The molecule has 0 atom stereocenters. The zero-order valence-electron chi connectivity index (χ0n) is 14.6. The highest BCUT2D eigenvalue weighted by Gasteiger charge is 1.99. The van der Waals surface area contributed by atoms with Crippen molar-refractivity contribution in [2.75, 3.05) is 0 Å². The van der Waals surface area contributed by atoms with Gasteiger partial charge < -0.3 is 0 Å². The highest BCUT2D eigenvalue weighted by Crippen LogP contribution is 2.16. The van der Waals surface area contributed by atoms with E-state index >= 15 is 0 Å². The minimum Gasteiger partial charge on any atom is -0.211 e. The molecular weight excluding hydrogens is 294 g/mol. The third-order valence-electron chi connectivity index (χ3n) is 4.36. The summed E-state index contributed by atoms with van der Waals surface area (Å²) >= 11 is 0. The summed E-state index contributed by atoms with van der Waals surface area (Å²) in [6.45, 7) is 2.26. The molecule has 0 amide bonds. The number of rotatable bonds is 10. The van der Waals surface area contributed by atoms with Crippen LogP contribution < -0.4 is 0 Å². The number of carbonyl (C=O) groups excluding carboxylic acids is 1. The molecule has 0 aliphatic rings. The lowest BCUT2D eigenvalue weighted by atomic mass is 10.0. The Balaban J connectivity index is 1.78. The van der Waals surface area contributed by atoms with Crippen LogP contribution in [0.2, 0.25) is 0 Å². The summed E-state index contributed by atoms with van der Waals surface area (Å²) in [5, 5.41) is 0. The number of aliphatic imine (C=N–C) groups is 1. The zero-order valence-corrected chi connectivity index (χ0v) is 14.6. The molecule has 0 heterocycles. The van der Waals surface area contributed by atoms with Gasteiger partial charge in [-0.1, -0.05) is 75.4 Å². The number of nitrogens with zero attached hydrogens (tertiary/aromatic N) is 1. The first-order valence-electron chi connectivity index (χ1n) is 9.06. The van der Waals surface area contributed by atoms with Crippen LogP contribution >= 0.6 is 0 Å². The number of hydrogen-bond donors (Lipinski definition) is 0. The Kier molecular flexibility index (Phi) is 8.00. The smallest absolute Gasteiger partial charge is 0.211 e. The molecule has 0 fully saturated rings. The minimum absolute atomic E-state index is 0.656. The monoisotopic (exact) mass is 321 g/mol. The van der Waals surface area contributed by atoms with Crippen LogP contribution in [0.25, 0.3) is 0 Å². The molecule has 0 radical (unpaired) electrons. The molecular formula is C22H27NO. The molecule has 2 aromatic rings. The molecule has 0 saturated carbocycles. The molecule has 0 aliphatic carbocycles. The van der Waals surface area contributed by atoms with Crippen LogP contribution in [0.15, 0.2) is 53.5 Å². The fourth-order valence-corrected chi connectivity index (χ4v) is 2.91. The number of aryl methyl sites for hydroxylation is 1. The van der Waals surface area contributed by atoms with E-state index in [9.17, 15) is 4.79 Å². The van der Waals surface area contributed by atoms with Crippen molar-refractivity contribution >= 4 is 11.8 Å². The first-order valence-corrected chi connectivity index (χ1v) is 9.06. The van der Waals surface area contributed by atoms with Gasteiger partial charge in [0, 0.05) is 0 Å². The average Bonchev–Trinajstić information content (AvgIpc) is 2.61. The molecule has 0 N–H and O–H groups in total. The standard InChI is InChI=1S/C22H27NO/c1-2-3-4-5-6-7-8-19-9-11-20(12-10-19)17-21-13-15-22(16-14-21)23-18-24/h9-16H,2-8,17H2,1H3. The maximum Gasteiger partial charge on any atom is 0.240 e. The van der Waals surface area contributed by atoms with Gasteiger partial charge in [0.05, 0.1) is 5.69 Å². The van der Waals surface area contributed by atoms with E-state index < -0.39 is 0 Å². The fourth-order valence-electron chi connectivity index (χ4n) is 2.91. The molecule has 0 aromatic heterocycles. The summed E-state index contributed by atoms with van der Waals surface area (Å²) < 4.78 is 0. The number of unbranched alkanes of at least 4 members (excludes halogenated alkanes) is 5. The Morgan fingerprint density at radius 1 is 0.750 bits per heavy atom. The van der Waals surface area contributed by atoms with Crippen LogP contribution in [0, 0.1) is 0 Å². The lowest BCUT2D eigenvalue weighted by Crippen LogP contribution is -1.90. The molecule has 0 bridgehead atoms. The average molecular weight is 321 g/mol. The molecule has 0 aliphatic heterocycles. The van der Waals surface area contributed by atoms with E-state index in [1.807, 2.05) is 24.3 Å². The van der Waals surface area contributed by atoms with E-state index in [-0.39, 0.29) is 0 Å². The summed E-state index contributed by atoms with van der Waals surface area (Å²) in [5.74, 6) is 0. The van der Waals surface area contributed by atoms with Crippen LogP contribution in [0.4, 0.5) is 5.69 Å². The summed E-state index contributed by atoms with van der Waals surface area (Å²) in [6, 6.07) is 16.7. The van der Waals surface area contributed by atoms with E-state index in [4.69, 9.17) is 0 Å². The number of isocyanates is 1. The molecule has 2 rings (SSSR count). The van der Waals surface area contributed by atoms with Crippen molar-refractivity contribution in [2.24, 2.45) is 4.99 Å². The van der Waals surface area contributed by atoms with Crippen LogP contribution in [0.1, 0.15) is 62.1 Å². The van der Waals surface area contributed by atoms with E-state index in [2.05, 4.69) is 36.2 Å². The van der Waals surface area contributed by atoms with Crippen molar-refractivity contribution in [3.05, 3.63) is 65.2 Å². The summed E-state index contributed by atoms with van der Waals surface area (Å²) in [6.07, 6.45) is 11.7. The number of benzene rings is 2. The molecule has 24 heavy (non-hydrogen) atoms. The SMILES string of the molecule is CCCCCCCCc1ccc(Cc2ccc(N=C=O)cc2)cc1. The van der Waals surface area contributed by atoms with Gasteiger partial charge in [-0.05, 0) is 48.1 Å². The van der Waals surface area contributed by atoms with Gasteiger partial charge in [0.15, 0.2) is 0 Å². The van der Waals surface area contributed by atoms with Gasteiger partial charge in [-0.2, -0.15) is 4.99 Å². The van der Waals surface area contributed by atoms with Crippen LogP contribution in [-0.2, 0) is 17.6 Å². The molecule has 0 saturated heterocycles. The largest absolute Gasteiger partial charge is 0.240 e. The van der Waals surface area contributed by atoms with Crippen molar-refractivity contribution in [3.8, 4) is 0 Å². The molecule has 2 aromatic carbocycles. The third kappa shape index (κ3) is 6.52. The van der Waals surface area contributed by atoms with Crippen molar-refractivity contribution in [1.82, 2.24) is 0 Å². The number of hydrogen-bond acceptors (Lipinski definition) is 2. The lowest BCUT2D eigenvalue weighted by molar-refractivity contribution is 0.565. The minimum atomic E-state index is 0.656. The van der Waals surface area contributed by atoms with Gasteiger partial charge in [0.2, 0.25) is 6.08 Å². The fraction of sp³-hybridized carbons (Fsp3) is 0.409. The van der Waals surface area contributed by atoms with Crippen molar-refractivity contribution in [2.45, 2.75) is 58.3 Å². The first-order chi connectivity index (χ1) is 11.8. The summed E-state index contributed by atoms with van der Waals surface area (Å²) in [7, 11) is 0. The highest BCUT2D eigenvalue weighted by atomic mass is 16.1. The molecule has 2 heteroatoms. The molecule has 0 spiro atoms. The normalized spacial score (nSPS) is 10.4. The predicted octanol–water partition coefficient (Wildman–Crippen LogP) is 6.15. The Morgan fingerprint density at radius 2 is 1.29 bits per heavy atom. The van der Waals surface area contributed by atoms with E-state index in [0.29, 0.717) is 5.69 Å². The van der Waals surface area contributed by atoms with Crippen LogP contribution in [0.5, 0.6) is 0 Å². The van der Waals surface area contributed by atoms with Crippen LogP contribution in [0.3, 0.4) is 0 Å². The van der Waals surface area contributed by atoms with Crippen LogP contribution in [-0.4, -0.2) is 6.08 Å². The maximum absolute atomic E-state index is 10.2. The quantitative estimate of drug-likeness (QED) is 0.293. The first kappa shape index (κ1) is 18.2. The van der Waals surface area contributed by atoms with Gasteiger partial charge in [-0.3, -0.25) is 0 Å². The van der Waals surface area contributed by atoms with Gasteiger partial charge in [-0.15, -0.1) is 0 Å². The Labute approximate surface area is 145 Å². The Morgan fingerprint density at radius 3 is 1.92 bits per heavy atom. The second-order valence-electron chi connectivity index (χ2n) is 6.38. The molecule has 0 unspecified atom stereocenters. The summed E-state index contributed by atoms with van der Waals surface area (Å²) in [5.41, 5.74) is 4.63. The van der Waals surface area contributed by atoms with E-state index in [0.717, 1.165) is 6.42 Å². The van der Waals surface area contributed by atoms with Crippen molar-refractivity contribution in [1.29, 1.82) is 0 Å². The van der Waals surface area contributed by atoms with Crippen molar-refractivity contribution in [3.63, 3.8) is 0 Å². The molecule has 2 nitrogen and oxygen atoms in total. The van der Waals surface area contributed by atoms with E-state index in [1.165, 1.54) is 61.6 Å². The second kappa shape index (κ2) is 10.6.